The van der Waals surface area contributed by atoms with E-state index >= 15 is 0 Å². The van der Waals surface area contributed by atoms with Crippen LogP contribution in [-0.2, 0) is 0 Å². The molecule has 0 amide bonds. The van der Waals surface area contributed by atoms with E-state index in [9.17, 15) is 8.22 Å². The van der Waals surface area contributed by atoms with E-state index in [1.165, 1.54) is 4.90 Å². The summed E-state index contributed by atoms with van der Waals surface area (Å²) in [6.07, 6.45) is 0. The van der Waals surface area contributed by atoms with Gasteiger partial charge in [-0.3, -0.25) is 0 Å². The van der Waals surface area contributed by atoms with Crippen molar-refractivity contribution in [3.8, 4) is 44.5 Å². The molecule has 0 saturated carbocycles. The predicted molar refractivity (Wildman–Crippen MR) is 218 cm³/mol. The van der Waals surface area contributed by atoms with Gasteiger partial charge in [0.25, 0.3) is 0 Å². The lowest BCUT2D eigenvalue weighted by atomic mass is 9.89. The third-order valence-electron chi connectivity index (χ3n) is 9.22. The molecule has 9 aromatic carbocycles. The highest BCUT2D eigenvalue weighted by Crippen LogP contribution is 2.42. The summed E-state index contributed by atoms with van der Waals surface area (Å²) >= 11 is 0. The van der Waals surface area contributed by atoms with Gasteiger partial charge in [-0.1, -0.05) is 176 Å². The number of hydrogen-bond acceptors (Lipinski definition) is 1. The number of nitrogens with zero attached hydrogens (tertiary/aromatic N) is 1. The maximum Gasteiger partial charge on any atom is 0.0651 e. The molecule has 0 aliphatic carbocycles. The smallest absolute Gasteiger partial charge is 0.0651 e. The summed E-state index contributed by atoms with van der Waals surface area (Å²) in [5.41, 5.74) is 5.28. The second-order valence-electron chi connectivity index (χ2n) is 12.3. The quantitative estimate of drug-likeness (QED) is 0.165. The highest BCUT2D eigenvalue weighted by Gasteiger charge is 2.17. The molecule has 0 aliphatic heterocycles. The minimum atomic E-state index is -0.447. The highest BCUT2D eigenvalue weighted by molar-refractivity contribution is 6.04. The highest BCUT2D eigenvalue weighted by atomic mass is 15.1. The van der Waals surface area contributed by atoms with E-state index in [1.807, 2.05) is 84.9 Å². The minimum Gasteiger partial charge on any atom is -0.310 e. The van der Waals surface area contributed by atoms with Crippen LogP contribution in [0.15, 0.2) is 212 Å². The van der Waals surface area contributed by atoms with Crippen LogP contribution in [0.5, 0.6) is 0 Å². The zero-order valence-electron chi connectivity index (χ0n) is 35.5. The molecule has 240 valence electrons. The first-order chi connectivity index (χ1) is 28.7. The van der Waals surface area contributed by atoms with Crippen molar-refractivity contribution in [2.45, 2.75) is 0 Å². The van der Waals surface area contributed by atoms with Crippen LogP contribution in [0, 0.1) is 0 Å². The molecule has 0 unspecified atom stereocenters. The van der Waals surface area contributed by atoms with Gasteiger partial charge in [-0.05, 0) is 102 Å². The Hall–Kier alpha value is -6.70. The fraction of sp³-hybridized carbons (Fsp3) is 0. The molecule has 9 rings (SSSR count). The molecule has 0 bridgehead atoms. The Morgan fingerprint density at radius 1 is 0.333 bits per heavy atom. The van der Waals surface area contributed by atoms with E-state index in [-0.39, 0.29) is 58.8 Å². The van der Waals surface area contributed by atoms with Crippen LogP contribution in [0.3, 0.4) is 0 Å². The van der Waals surface area contributed by atoms with Gasteiger partial charge >= 0.3 is 0 Å². The summed E-state index contributed by atoms with van der Waals surface area (Å²) in [6.45, 7) is 0. The number of fused-ring (bicyclic) bond motifs is 2. The Kier molecular flexibility index (Phi) is 5.96. The Labute approximate surface area is 310 Å². The first-order valence-corrected chi connectivity index (χ1v) is 16.9. The first-order valence-electron chi connectivity index (χ1n) is 20.9. The van der Waals surface area contributed by atoms with Gasteiger partial charge in [0.2, 0.25) is 0 Å². The van der Waals surface area contributed by atoms with Gasteiger partial charge in [-0.15, -0.1) is 0 Å². The lowest BCUT2D eigenvalue weighted by Gasteiger charge is -2.27. The van der Waals surface area contributed by atoms with Crippen LogP contribution in [0.2, 0.25) is 0 Å². The van der Waals surface area contributed by atoms with E-state index in [1.54, 1.807) is 42.5 Å². The first kappa shape index (κ1) is 22.8. The zero-order valence-corrected chi connectivity index (χ0v) is 27.5. The van der Waals surface area contributed by atoms with Crippen LogP contribution < -0.4 is 4.90 Å². The molecule has 0 N–H and O–H groups in total. The average Bonchev–Trinajstić information content (AvgIpc) is 3.27. The van der Waals surface area contributed by atoms with Gasteiger partial charge in [0, 0.05) is 17.1 Å². The molecule has 0 aliphatic rings. The lowest BCUT2D eigenvalue weighted by molar-refractivity contribution is 1.28. The summed E-state index contributed by atoms with van der Waals surface area (Å²) in [4.78, 5) is 1.40. The van der Waals surface area contributed by atoms with Gasteiger partial charge in [0.1, 0.15) is 0 Å². The van der Waals surface area contributed by atoms with E-state index in [0.29, 0.717) is 16.8 Å². The molecule has 0 spiro atoms. The number of rotatable bonds is 7. The summed E-state index contributed by atoms with van der Waals surface area (Å²) < 4.78 is 74.8. The van der Waals surface area contributed by atoms with Crippen molar-refractivity contribution in [2.24, 2.45) is 0 Å². The molecule has 0 heterocycles. The zero-order chi connectivity index (χ0) is 40.9. The number of hydrogen-bond donors (Lipinski definition) is 0. The normalized spacial score (nSPS) is 13.3. The number of benzene rings is 9. The standard InChI is InChI=1S/C50H35N/c1-3-13-36(14-4-1)37-25-30-43(31-26-37)51(45-21-11-20-42(35-45)47-24-12-19-38-17-7-9-22-46(38)47)44-32-27-41(28-33-44)50-48-23-10-8-18-40(48)29-34-49(50)39-15-5-2-6-16-39/h1-35H/i11D,20D,21D,25D,26D,30D,31D,35D. The Morgan fingerprint density at radius 3 is 1.71 bits per heavy atom. The number of anilines is 3. The van der Waals surface area contributed by atoms with Crippen molar-refractivity contribution in [2.75, 3.05) is 4.90 Å². The molecule has 51 heavy (non-hydrogen) atoms. The molecule has 0 atom stereocenters. The molecule has 9 aromatic rings. The van der Waals surface area contributed by atoms with Crippen molar-refractivity contribution < 1.29 is 11.0 Å². The Bertz CT molecular complexity index is 3040. The second-order valence-corrected chi connectivity index (χ2v) is 12.3. The van der Waals surface area contributed by atoms with Gasteiger partial charge in [-0.2, -0.15) is 0 Å². The van der Waals surface area contributed by atoms with Gasteiger partial charge in [0.15, 0.2) is 0 Å². The molecule has 0 aromatic heterocycles. The van der Waals surface area contributed by atoms with Crippen molar-refractivity contribution in [3.63, 3.8) is 0 Å². The van der Waals surface area contributed by atoms with E-state index in [4.69, 9.17) is 2.74 Å². The van der Waals surface area contributed by atoms with E-state index in [0.717, 1.165) is 43.8 Å². The monoisotopic (exact) mass is 657 g/mol. The summed E-state index contributed by atoms with van der Waals surface area (Å²) in [5, 5.41) is 3.74. The fourth-order valence-corrected chi connectivity index (χ4v) is 6.78. The van der Waals surface area contributed by atoms with Crippen LogP contribution in [0.25, 0.3) is 66.1 Å². The summed E-state index contributed by atoms with van der Waals surface area (Å²) in [6, 6.07) is 49.1. The van der Waals surface area contributed by atoms with Crippen LogP contribution in [0.1, 0.15) is 11.0 Å². The summed E-state index contributed by atoms with van der Waals surface area (Å²) in [5.74, 6) is 0. The predicted octanol–water partition coefficient (Wildman–Crippen LogP) is 14.1. The molecular formula is C50H35N. The fourth-order valence-electron chi connectivity index (χ4n) is 6.78. The molecule has 0 radical (unpaired) electrons. The average molecular weight is 658 g/mol. The molecule has 1 nitrogen and oxygen atoms in total. The second kappa shape index (κ2) is 13.3. The topological polar surface area (TPSA) is 3.24 Å². The lowest BCUT2D eigenvalue weighted by Crippen LogP contribution is -2.10. The van der Waals surface area contributed by atoms with E-state index < -0.39 is 12.1 Å². The molecular weight excluding hydrogens is 615 g/mol. The maximum atomic E-state index is 9.80. The van der Waals surface area contributed by atoms with Crippen molar-refractivity contribution in [1.29, 1.82) is 0 Å². The minimum absolute atomic E-state index is 0.124. The van der Waals surface area contributed by atoms with Crippen molar-refractivity contribution >= 4 is 38.6 Å². The van der Waals surface area contributed by atoms with Crippen LogP contribution in [0.4, 0.5) is 17.1 Å². The van der Waals surface area contributed by atoms with Crippen molar-refractivity contribution in [3.05, 3.63) is 212 Å². The Balaban J connectivity index is 1.33. The SMILES string of the molecule is [2H]c1c([2H])c(-c2cccc3ccccc23)c([2H])c(N(c2ccc(-c3c(-c4ccccc4)ccc4ccccc34)cc2)c2c([2H])c([2H])c(-c3ccccc3)c([2H])c2[2H])c1[2H]. The third kappa shape index (κ3) is 5.86. The molecule has 0 saturated heterocycles. The largest absolute Gasteiger partial charge is 0.310 e. The van der Waals surface area contributed by atoms with Crippen LogP contribution >= 0.6 is 0 Å². The molecule has 0 fully saturated rings. The van der Waals surface area contributed by atoms with Gasteiger partial charge in [0.05, 0.1) is 11.0 Å². The van der Waals surface area contributed by atoms with Crippen molar-refractivity contribution in [1.82, 2.24) is 0 Å². The van der Waals surface area contributed by atoms with Crippen LogP contribution in [-0.4, -0.2) is 0 Å². The Morgan fingerprint density at radius 2 is 0.961 bits per heavy atom. The van der Waals surface area contributed by atoms with Gasteiger partial charge in [-0.25, -0.2) is 0 Å². The summed E-state index contributed by atoms with van der Waals surface area (Å²) in [7, 11) is 0. The molecule has 1 heteroatoms. The third-order valence-corrected chi connectivity index (χ3v) is 9.22. The van der Waals surface area contributed by atoms with Gasteiger partial charge < -0.3 is 4.90 Å². The van der Waals surface area contributed by atoms with E-state index in [2.05, 4.69) is 36.4 Å². The maximum absolute atomic E-state index is 9.80.